The lowest BCUT2D eigenvalue weighted by molar-refractivity contribution is 0.0521. The van der Waals surface area contributed by atoms with Gasteiger partial charge in [-0.25, -0.2) is 9.78 Å². The molecule has 132 valence electrons. The predicted molar refractivity (Wildman–Crippen MR) is 102 cm³/mol. The molecule has 0 atom stereocenters. The number of esters is 1. The van der Waals surface area contributed by atoms with E-state index in [2.05, 4.69) is 28.5 Å². The van der Waals surface area contributed by atoms with Crippen LogP contribution in [0.5, 0.6) is 0 Å². The highest BCUT2D eigenvalue weighted by Gasteiger charge is 2.23. The third kappa shape index (κ3) is 2.86. The number of para-hydroxylation sites is 1. The number of aryl methyl sites for hydroxylation is 1. The molecule has 1 aromatic heterocycles. The van der Waals surface area contributed by atoms with Crippen molar-refractivity contribution >= 4 is 11.7 Å². The molecule has 26 heavy (non-hydrogen) atoms. The lowest BCUT2D eigenvalue weighted by Gasteiger charge is -2.22. The summed E-state index contributed by atoms with van der Waals surface area (Å²) in [5.74, 6) is -0.400. The van der Waals surface area contributed by atoms with E-state index in [9.17, 15) is 4.79 Å². The monoisotopic (exact) mass is 347 g/mol. The van der Waals surface area contributed by atoms with E-state index in [4.69, 9.17) is 4.74 Å². The van der Waals surface area contributed by atoms with Crippen molar-refractivity contribution in [3.63, 3.8) is 0 Å². The Kier molecular flexibility index (Phi) is 4.44. The first-order valence-electron chi connectivity index (χ1n) is 8.95. The van der Waals surface area contributed by atoms with Crippen LogP contribution in [-0.2, 0) is 11.2 Å². The topological polar surface area (TPSA) is 56.1 Å². The smallest absolute Gasteiger partial charge is 0.359 e. The zero-order valence-corrected chi connectivity index (χ0v) is 14.7. The molecule has 2 aromatic carbocycles. The quantitative estimate of drug-likeness (QED) is 0.723. The van der Waals surface area contributed by atoms with Gasteiger partial charge in [0.25, 0.3) is 0 Å². The van der Waals surface area contributed by atoms with E-state index < -0.39 is 5.97 Å². The molecule has 0 aliphatic carbocycles. The van der Waals surface area contributed by atoms with Gasteiger partial charge in [-0.15, -0.1) is 0 Å². The Morgan fingerprint density at radius 2 is 2.04 bits per heavy atom. The standard InChI is InChI=1S/C21H21N3O2/c1-2-26-21(25)19-20(16-8-4-3-5-9-16)24(14-23-19)17-12-6-10-15-11-7-13-22-18(15)17/h3-6,8-10,12,14,22H,2,7,11,13H2,1H3. The van der Waals surface area contributed by atoms with Gasteiger partial charge in [0.2, 0.25) is 0 Å². The van der Waals surface area contributed by atoms with E-state index >= 15 is 0 Å². The van der Waals surface area contributed by atoms with Gasteiger partial charge >= 0.3 is 5.97 Å². The molecule has 0 fully saturated rings. The Balaban J connectivity index is 1.92. The minimum atomic E-state index is -0.400. The number of aromatic nitrogens is 2. The highest BCUT2D eigenvalue weighted by molar-refractivity contribution is 5.95. The second kappa shape index (κ2) is 7.04. The number of nitrogens with one attached hydrogen (secondary N) is 1. The van der Waals surface area contributed by atoms with E-state index in [0.717, 1.165) is 42.0 Å². The second-order valence-corrected chi connectivity index (χ2v) is 6.24. The van der Waals surface area contributed by atoms with Gasteiger partial charge in [-0.05, 0) is 31.4 Å². The Morgan fingerprint density at radius 3 is 2.85 bits per heavy atom. The molecule has 0 radical (unpaired) electrons. The molecule has 4 rings (SSSR count). The van der Waals surface area contributed by atoms with Crippen molar-refractivity contribution in [3.8, 4) is 16.9 Å². The third-order valence-electron chi connectivity index (χ3n) is 4.60. The third-order valence-corrected chi connectivity index (χ3v) is 4.60. The van der Waals surface area contributed by atoms with Gasteiger partial charge < -0.3 is 10.1 Å². The molecule has 0 saturated heterocycles. The highest BCUT2D eigenvalue weighted by atomic mass is 16.5. The van der Waals surface area contributed by atoms with E-state index in [1.165, 1.54) is 5.56 Å². The average Bonchev–Trinajstić information content (AvgIpc) is 3.13. The summed E-state index contributed by atoms with van der Waals surface area (Å²) in [5, 5.41) is 3.51. The lowest BCUT2D eigenvalue weighted by atomic mass is 10.0. The number of fused-ring (bicyclic) bond motifs is 1. The van der Waals surface area contributed by atoms with Crippen molar-refractivity contribution in [2.24, 2.45) is 0 Å². The summed E-state index contributed by atoms with van der Waals surface area (Å²) in [6.45, 7) is 3.07. The maximum Gasteiger partial charge on any atom is 0.359 e. The Hall–Kier alpha value is -3.08. The van der Waals surface area contributed by atoms with E-state index in [-0.39, 0.29) is 0 Å². The number of hydrogen-bond donors (Lipinski definition) is 1. The minimum Gasteiger partial charge on any atom is -0.461 e. The van der Waals surface area contributed by atoms with Gasteiger partial charge in [-0.3, -0.25) is 4.57 Å². The van der Waals surface area contributed by atoms with Crippen molar-refractivity contribution in [3.05, 3.63) is 66.1 Å². The number of anilines is 1. The summed E-state index contributed by atoms with van der Waals surface area (Å²) in [6.07, 6.45) is 3.89. The van der Waals surface area contributed by atoms with Crippen LogP contribution < -0.4 is 5.32 Å². The van der Waals surface area contributed by atoms with Gasteiger partial charge in [0, 0.05) is 12.1 Å². The van der Waals surface area contributed by atoms with E-state index in [1.807, 2.05) is 34.9 Å². The van der Waals surface area contributed by atoms with E-state index in [0.29, 0.717) is 12.3 Å². The van der Waals surface area contributed by atoms with Gasteiger partial charge in [0.1, 0.15) is 6.33 Å². The summed E-state index contributed by atoms with van der Waals surface area (Å²) in [7, 11) is 0. The van der Waals surface area contributed by atoms with Crippen LogP contribution in [0.3, 0.4) is 0 Å². The highest BCUT2D eigenvalue weighted by Crippen LogP contribution is 2.33. The Morgan fingerprint density at radius 1 is 1.19 bits per heavy atom. The van der Waals surface area contributed by atoms with Crippen molar-refractivity contribution in [1.82, 2.24) is 9.55 Å². The Labute approximate surface area is 152 Å². The van der Waals surface area contributed by atoms with Crippen LogP contribution in [0, 0.1) is 0 Å². The number of carbonyl (C=O) groups is 1. The fourth-order valence-corrected chi connectivity index (χ4v) is 3.44. The van der Waals surface area contributed by atoms with Crippen LogP contribution >= 0.6 is 0 Å². The second-order valence-electron chi connectivity index (χ2n) is 6.24. The molecule has 0 spiro atoms. The average molecular weight is 347 g/mol. The summed E-state index contributed by atoms with van der Waals surface area (Å²) >= 11 is 0. The maximum atomic E-state index is 12.5. The van der Waals surface area contributed by atoms with E-state index in [1.54, 1.807) is 13.3 Å². The molecular weight excluding hydrogens is 326 g/mol. The summed E-state index contributed by atoms with van der Waals surface area (Å²) in [6, 6.07) is 16.1. The number of carbonyl (C=O) groups excluding carboxylic acids is 1. The van der Waals surface area contributed by atoms with Crippen LogP contribution in [0.15, 0.2) is 54.9 Å². The molecule has 1 aliphatic heterocycles. The van der Waals surface area contributed by atoms with Crippen LogP contribution in [0.4, 0.5) is 5.69 Å². The largest absolute Gasteiger partial charge is 0.461 e. The number of benzene rings is 2. The number of ether oxygens (including phenoxy) is 1. The SMILES string of the molecule is CCOC(=O)c1ncn(-c2cccc3c2NCCC3)c1-c1ccccc1. The first kappa shape index (κ1) is 16.4. The van der Waals surface area contributed by atoms with Gasteiger partial charge in [0.05, 0.1) is 23.7 Å². The van der Waals surface area contributed by atoms with Crippen molar-refractivity contribution in [1.29, 1.82) is 0 Å². The lowest BCUT2D eigenvalue weighted by Crippen LogP contribution is -2.15. The summed E-state index contributed by atoms with van der Waals surface area (Å²) in [5.41, 5.74) is 5.43. The molecule has 1 aliphatic rings. The first-order valence-corrected chi connectivity index (χ1v) is 8.95. The molecule has 2 heterocycles. The fraction of sp³-hybridized carbons (Fsp3) is 0.238. The fourth-order valence-electron chi connectivity index (χ4n) is 3.44. The molecule has 5 nitrogen and oxygen atoms in total. The zero-order valence-electron chi connectivity index (χ0n) is 14.7. The molecule has 0 saturated carbocycles. The Bertz CT molecular complexity index is 932. The molecule has 3 aromatic rings. The normalized spacial score (nSPS) is 13.0. The first-order chi connectivity index (χ1) is 12.8. The summed E-state index contributed by atoms with van der Waals surface area (Å²) in [4.78, 5) is 16.9. The molecule has 1 N–H and O–H groups in total. The van der Waals surface area contributed by atoms with Crippen molar-refractivity contribution in [2.75, 3.05) is 18.5 Å². The van der Waals surface area contributed by atoms with Crippen molar-refractivity contribution in [2.45, 2.75) is 19.8 Å². The molecular formula is C21H21N3O2. The number of hydrogen-bond acceptors (Lipinski definition) is 4. The zero-order chi connectivity index (χ0) is 17.9. The van der Waals surface area contributed by atoms with Gasteiger partial charge in [-0.1, -0.05) is 42.5 Å². The molecule has 5 heteroatoms. The predicted octanol–water partition coefficient (Wildman–Crippen LogP) is 4.07. The summed E-state index contributed by atoms with van der Waals surface area (Å²) < 4.78 is 7.21. The molecule has 0 unspecified atom stereocenters. The van der Waals surface area contributed by atoms with Crippen LogP contribution in [0.25, 0.3) is 16.9 Å². The van der Waals surface area contributed by atoms with Gasteiger partial charge in [-0.2, -0.15) is 0 Å². The van der Waals surface area contributed by atoms with Gasteiger partial charge in [0.15, 0.2) is 5.69 Å². The number of nitrogens with zero attached hydrogens (tertiary/aromatic N) is 2. The van der Waals surface area contributed by atoms with Crippen molar-refractivity contribution < 1.29 is 9.53 Å². The number of imidazole rings is 1. The maximum absolute atomic E-state index is 12.5. The molecule has 0 amide bonds. The minimum absolute atomic E-state index is 0.322. The van der Waals surface area contributed by atoms with Crippen LogP contribution in [-0.4, -0.2) is 28.7 Å². The number of rotatable bonds is 4. The van der Waals surface area contributed by atoms with Crippen LogP contribution in [0.2, 0.25) is 0 Å². The van der Waals surface area contributed by atoms with Crippen LogP contribution in [0.1, 0.15) is 29.4 Å². The molecule has 0 bridgehead atoms.